The maximum Gasteiger partial charge on any atom is 0.248 e. The monoisotopic (exact) mass is 266 g/mol. The highest BCUT2D eigenvalue weighted by molar-refractivity contribution is 5.23. The highest BCUT2D eigenvalue weighted by Gasteiger charge is 2.16. The molecule has 0 amide bonds. The lowest BCUT2D eigenvalue weighted by atomic mass is 10.1. The molecule has 0 radical (unpaired) electrons. The first kappa shape index (κ1) is 12.5. The molecule has 1 atom stereocenters. The van der Waals surface area contributed by atoms with Crippen molar-refractivity contribution >= 4 is 0 Å². The van der Waals surface area contributed by atoms with E-state index >= 15 is 0 Å². The number of pyridine rings is 1. The van der Waals surface area contributed by atoms with Crippen LogP contribution in [-0.2, 0) is 6.42 Å². The smallest absolute Gasteiger partial charge is 0.248 e. The Morgan fingerprint density at radius 2 is 1.80 bits per heavy atom. The molecule has 3 aromatic rings. The first-order valence-electron chi connectivity index (χ1n) is 6.35. The van der Waals surface area contributed by atoms with Crippen LogP contribution in [0.25, 0.3) is 0 Å². The average Bonchev–Trinajstić information content (AvgIpc) is 2.97. The Morgan fingerprint density at radius 3 is 2.55 bits per heavy atom. The molecule has 0 bridgehead atoms. The van der Waals surface area contributed by atoms with Gasteiger partial charge in [0.05, 0.1) is 0 Å². The Hall–Kier alpha value is -2.53. The summed E-state index contributed by atoms with van der Waals surface area (Å²) in [5.74, 6) is 1.05. The summed E-state index contributed by atoms with van der Waals surface area (Å²) < 4.78 is 5.25. The molecule has 5 nitrogen and oxygen atoms in total. The van der Waals surface area contributed by atoms with Crippen LogP contribution in [0.5, 0.6) is 0 Å². The van der Waals surface area contributed by atoms with Gasteiger partial charge in [-0.25, -0.2) is 0 Å². The van der Waals surface area contributed by atoms with Crippen LogP contribution in [0, 0.1) is 0 Å². The van der Waals surface area contributed by atoms with E-state index in [1.165, 1.54) is 0 Å². The third kappa shape index (κ3) is 2.73. The molecule has 20 heavy (non-hydrogen) atoms. The van der Waals surface area contributed by atoms with Gasteiger partial charge in [-0.05, 0) is 23.3 Å². The van der Waals surface area contributed by atoms with Crippen molar-refractivity contribution in [2.75, 3.05) is 0 Å². The molecule has 0 spiro atoms. The maximum absolute atomic E-state index is 6.12. The van der Waals surface area contributed by atoms with Gasteiger partial charge >= 0.3 is 0 Å². The number of nitrogens with zero attached hydrogens (tertiary/aromatic N) is 3. The van der Waals surface area contributed by atoms with E-state index in [-0.39, 0.29) is 0 Å². The molecule has 0 saturated heterocycles. The van der Waals surface area contributed by atoms with Crippen LogP contribution in [0.3, 0.4) is 0 Å². The summed E-state index contributed by atoms with van der Waals surface area (Å²) in [4.78, 5) is 8.33. The molecular formula is C15H14N4O. The summed E-state index contributed by atoms with van der Waals surface area (Å²) in [6, 6.07) is 13.1. The largest absolute Gasteiger partial charge is 0.337 e. The molecule has 2 heterocycles. The van der Waals surface area contributed by atoms with Crippen LogP contribution in [0.4, 0.5) is 0 Å². The van der Waals surface area contributed by atoms with Crippen LogP contribution in [0.15, 0.2) is 59.4 Å². The van der Waals surface area contributed by atoms with Gasteiger partial charge in [0, 0.05) is 18.8 Å². The molecule has 0 aliphatic heterocycles. The fourth-order valence-electron chi connectivity index (χ4n) is 1.95. The minimum Gasteiger partial charge on any atom is -0.337 e. The number of benzene rings is 1. The predicted molar refractivity (Wildman–Crippen MR) is 73.8 cm³/mol. The molecule has 1 aromatic carbocycles. The van der Waals surface area contributed by atoms with Crippen molar-refractivity contribution < 1.29 is 4.52 Å². The van der Waals surface area contributed by atoms with E-state index in [2.05, 4.69) is 15.1 Å². The van der Waals surface area contributed by atoms with Crippen molar-refractivity contribution in [2.24, 2.45) is 5.73 Å². The van der Waals surface area contributed by atoms with E-state index in [0.717, 1.165) is 11.1 Å². The number of rotatable bonds is 4. The Balaban J connectivity index is 1.77. The van der Waals surface area contributed by atoms with Gasteiger partial charge in [0.2, 0.25) is 5.89 Å². The third-order valence-electron chi connectivity index (χ3n) is 3.02. The highest BCUT2D eigenvalue weighted by Crippen LogP contribution is 2.18. The van der Waals surface area contributed by atoms with Gasteiger partial charge in [0.25, 0.3) is 0 Å². The average molecular weight is 266 g/mol. The Morgan fingerprint density at radius 1 is 1.05 bits per heavy atom. The molecular weight excluding hydrogens is 252 g/mol. The summed E-state index contributed by atoms with van der Waals surface area (Å²) in [6.07, 6.45) is 4.09. The van der Waals surface area contributed by atoms with E-state index < -0.39 is 6.04 Å². The second kappa shape index (κ2) is 5.63. The van der Waals surface area contributed by atoms with Crippen molar-refractivity contribution in [3.8, 4) is 0 Å². The number of nitrogens with two attached hydrogens (primary N) is 1. The van der Waals surface area contributed by atoms with Gasteiger partial charge < -0.3 is 10.3 Å². The minimum atomic E-state index is -0.394. The second-order valence-electron chi connectivity index (χ2n) is 4.47. The molecule has 100 valence electrons. The summed E-state index contributed by atoms with van der Waals surface area (Å²) in [5.41, 5.74) is 8.15. The van der Waals surface area contributed by atoms with Crippen molar-refractivity contribution in [1.29, 1.82) is 0 Å². The summed E-state index contributed by atoms with van der Waals surface area (Å²) >= 11 is 0. The Labute approximate surface area is 116 Å². The first-order chi connectivity index (χ1) is 9.83. The van der Waals surface area contributed by atoms with Crippen molar-refractivity contribution in [1.82, 2.24) is 15.1 Å². The standard InChI is InChI=1S/C15H14N4O/c16-14(12-4-2-1-3-5-12)15-18-13(19-20-15)10-11-6-8-17-9-7-11/h1-9,14H,10,16H2/t14-/m1/s1. The van der Waals surface area contributed by atoms with E-state index in [4.69, 9.17) is 10.3 Å². The van der Waals surface area contributed by atoms with Gasteiger partial charge in [-0.3, -0.25) is 4.98 Å². The van der Waals surface area contributed by atoms with Crippen molar-refractivity contribution in [3.63, 3.8) is 0 Å². The fraction of sp³-hybridized carbons (Fsp3) is 0.133. The van der Waals surface area contributed by atoms with E-state index in [0.29, 0.717) is 18.1 Å². The normalized spacial score (nSPS) is 12.2. The number of hydrogen-bond acceptors (Lipinski definition) is 5. The molecule has 2 N–H and O–H groups in total. The molecule has 0 unspecified atom stereocenters. The predicted octanol–water partition coefficient (Wildman–Crippen LogP) is 2.10. The zero-order valence-electron chi connectivity index (χ0n) is 10.8. The van der Waals surface area contributed by atoms with E-state index in [1.54, 1.807) is 12.4 Å². The van der Waals surface area contributed by atoms with Gasteiger partial charge in [-0.1, -0.05) is 35.5 Å². The van der Waals surface area contributed by atoms with Gasteiger partial charge in [-0.15, -0.1) is 0 Å². The molecule has 0 aliphatic rings. The summed E-state index contributed by atoms with van der Waals surface area (Å²) in [5, 5.41) is 3.97. The van der Waals surface area contributed by atoms with Crippen molar-refractivity contribution in [2.45, 2.75) is 12.5 Å². The van der Waals surface area contributed by atoms with Gasteiger partial charge in [0.15, 0.2) is 5.82 Å². The van der Waals surface area contributed by atoms with Crippen molar-refractivity contribution in [3.05, 3.63) is 77.7 Å². The second-order valence-corrected chi connectivity index (χ2v) is 4.47. The number of aromatic nitrogens is 3. The summed E-state index contributed by atoms with van der Waals surface area (Å²) in [7, 11) is 0. The van der Waals surface area contributed by atoms with Crippen LogP contribution in [0.1, 0.15) is 28.9 Å². The zero-order chi connectivity index (χ0) is 13.8. The van der Waals surface area contributed by atoms with Gasteiger partial charge in [-0.2, -0.15) is 4.98 Å². The lowest BCUT2D eigenvalue weighted by molar-refractivity contribution is 0.363. The molecule has 0 fully saturated rings. The fourth-order valence-corrected chi connectivity index (χ4v) is 1.95. The molecule has 2 aromatic heterocycles. The van der Waals surface area contributed by atoms with E-state index in [1.807, 2.05) is 42.5 Å². The SMILES string of the molecule is N[C@H](c1ccccc1)c1nc(Cc2ccncc2)no1. The molecule has 0 saturated carbocycles. The Bertz CT molecular complexity index is 667. The van der Waals surface area contributed by atoms with Gasteiger partial charge in [0.1, 0.15) is 6.04 Å². The van der Waals surface area contributed by atoms with Crippen LogP contribution in [-0.4, -0.2) is 15.1 Å². The lowest BCUT2D eigenvalue weighted by Crippen LogP contribution is -2.12. The molecule has 0 aliphatic carbocycles. The first-order valence-corrected chi connectivity index (χ1v) is 6.35. The minimum absolute atomic E-state index is 0.394. The lowest BCUT2D eigenvalue weighted by Gasteiger charge is -2.05. The highest BCUT2D eigenvalue weighted by atomic mass is 16.5. The topological polar surface area (TPSA) is 77.8 Å². The van der Waals surface area contributed by atoms with Crippen LogP contribution in [0.2, 0.25) is 0 Å². The molecule has 3 rings (SSSR count). The molecule has 5 heteroatoms. The quantitative estimate of drug-likeness (QED) is 0.782. The number of hydrogen-bond donors (Lipinski definition) is 1. The zero-order valence-corrected chi connectivity index (χ0v) is 10.8. The maximum atomic E-state index is 6.12. The third-order valence-corrected chi connectivity index (χ3v) is 3.02. The summed E-state index contributed by atoms with van der Waals surface area (Å²) in [6.45, 7) is 0. The Kier molecular flexibility index (Phi) is 3.52. The van der Waals surface area contributed by atoms with Crippen LogP contribution < -0.4 is 5.73 Å². The van der Waals surface area contributed by atoms with E-state index in [9.17, 15) is 0 Å². The van der Waals surface area contributed by atoms with Crippen LogP contribution >= 0.6 is 0 Å².